The maximum atomic E-state index is 14.6. The molecule has 9 nitrogen and oxygen atoms in total. The molecule has 2 amide bonds. The van der Waals surface area contributed by atoms with Gasteiger partial charge in [0, 0.05) is 31.0 Å². The van der Waals surface area contributed by atoms with Crippen molar-refractivity contribution in [1.82, 2.24) is 9.80 Å². The van der Waals surface area contributed by atoms with Crippen molar-refractivity contribution in [1.29, 1.82) is 0 Å². The Morgan fingerprint density at radius 3 is 2.40 bits per heavy atom. The number of piperidine rings is 1. The van der Waals surface area contributed by atoms with Crippen LogP contribution in [0.15, 0.2) is 35.8 Å². The number of likely N-dealkylation sites (tertiary alicyclic amines) is 2. The van der Waals surface area contributed by atoms with Crippen LogP contribution in [0.2, 0.25) is 0 Å². The fraction of sp³-hybridized carbons (Fsp3) is 0.667. The molecular formula is C33H48N2O7. The normalized spacial score (nSPS) is 25.0. The second-order valence-corrected chi connectivity index (χ2v) is 13.7. The predicted octanol–water partition coefficient (Wildman–Crippen LogP) is 7.07. The van der Waals surface area contributed by atoms with E-state index in [1.165, 1.54) is 0 Å². The number of ether oxygens (including phenoxy) is 3. The van der Waals surface area contributed by atoms with Crippen molar-refractivity contribution >= 4 is 18.2 Å². The van der Waals surface area contributed by atoms with E-state index in [-0.39, 0.29) is 18.4 Å². The van der Waals surface area contributed by atoms with Crippen LogP contribution in [-0.2, 0) is 25.4 Å². The van der Waals surface area contributed by atoms with Gasteiger partial charge in [-0.2, -0.15) is 0 Å². The number of rotatable bonds is 10. The van der Waals surface area contributed by atoms with E-state index in [1.807, 2.05) is 37.8 Å². The van der Waals surface area contributed by atoms with Gasteiger partial charge in [0.1, 0.15) is 35.4 Å². The highest BCUT2D eigenvalue weighted by Crippen LogP contribution is 2.67. The van der Waals surface area contributed by atoms with Crippen LogP contribution in [0.5, 0.6) is 0 Å². The first-order valence-corrected chi connectivity index (χ1v) is 15.2. The van der Waals surface area contributed by atoms with Gasteiger partial charge in [-0.15, -0.1) is 13.2 Å². The first-order chi connectivity index (χ1) is 19.7. The second-order valence-electron chi connectivity index (χ2n) is 13.7. The number of fused-ring (bicyclic) bond motifs is 3. The number of furan rings is 1. The average Bonchev–Trinajstić information content (AvgIpc) is 3.50. The molecule has 232 valence electrons. The van der Waals surface area contributed by atoms with Crippen molar-refractivity contribution in [3.05, 3.63) is 48.5 Å². The molecular weight excluding hydrogens is 536 g/mol. The van der Waals surface area contributed by atoms with Gasteiger partial charge in [-0.1, -0.05) is 12.2 Å². The number of amides is 2. The van der Waals surface area contributed by atoms with Crippen molar-refractivity contribution in [2.24, 2.45) is 5.41 Å². The zero-order chi connectivity index (χ0) is 30.9. The van der Waals surface area contributed by atoms with E-state index < -0.39 is 40.9 Å². The minimum atomic E-state index is -0.930. The molecule has 2 saturated heterocycles. The van der Waals surface area contributed by atoms with E-state index in [9.17, 15) is 14.4 Å². The Morgan fingerprint density at radius 2 is 1.76 bits per heavy atom. The van der Waals surface area contributed by atoms with Gasteiger partial charge in [-0.25, -0.2) is 9.59 Å². The first-order valence-electron chi connectivity index (χ1n) is 15.2. The summed E-state index contributed by atoms with van der Waals surface area (Å²) in [5, 5.41) is 0. The lowest BCUT2D eigenvalue weighted by molar-refractivity contribution is -0.149. The summed E-state index contributed by atoms with van der Waals surface area (Å²) in [6, 6.07) is 0.802. The monoisotopic (exact) mass is 584 g/mol. The van der Waals surface area contributed by atoms with Crippen LogP contribution >= 0.6 is 0 Å². The lowest BCUT2D eigenvalue weighted by atomic mass is 9.67. The summed E-state index contributed by atoms with van der Waals surface area (Å²) in [4.78, 5) is 44.6. The molecule has 0 N–H and O–H groups in total. The standard InChI is InChI=1S/C33H48N2O7/c1-9-11-13-14-17-34-18-16-25-24-19-23(15-12-10-2)40-26(24)27-33(25,28(34)36)20-22(21-39-30(38)42-32(6,7)8)35(27)29(37)41-31(3,4)5/h9-10,19,22,25,27H,1-2,11-18,20-21H2,3-8H3/t22-,25+,27?,33?/m1/s1. The van der Waals surface area contributed by atoms with Gasteiger partial charge < -0.3 is 23.5 Å². The largest absolute Gasteiger partial charge is 0.508 e. The summed E-state index contributed by atoms with van der Waals surface area (Å²) in [5.74, 6) is 1.36. The summed E-state index contributed by atoms with van der Waals surface area (Å²) < 4.78 is 23.3. The van der Waals surface area contributed by atoms with Gasteiger partial charge in [0.15, 0.2) is 0 Å². The van der Waals surface area contributed by atoms with Gasteiger partial charge in [0.05, 0.1) is 11.5 Å². The van der Waals surface area contributed by atoms with Crippen LogP contribution < -0.4 is 0 Å². The fourth-order valence-electron chi connectivity index (χ4n) is 6.76. The molecule has 1 aromatic heterocycles. The average molecular weight is 585 g/mol. The molecule has 0 bridgehead atoms. The molecule has 3 aliphatic rings. The molecule has 3 heterocycles. The van der Waals surface area contributed by atoms with Crippen LogP contribution in [0.4, 0.5) is 9.59 Å². The Kier molecular flexibility index (Phi) is 9.19. The highest BCUT2D eigenvalue weighted by atomic mass is 16.7. The van der Waals surface area contributed by atoms with Gasteiger partial charge >= 0.3 is 12.2 Å². The van der Waals surface area contributed by atoms with Crippen molar-refractivity contribution in [3.8, 4) is 0 Å². The molecule has 2 aliphatic heterocycles. The Balaban J connectivity index is 1.74. The second kappa shape index (κ2) is 12.2. The zero-order valence-corrected chi connectivity index (χ0v) is 26.2. The van der Waals surface area contributed by atoms with Crippen molar-refractivity contribution < 1.29 is 33.0 Å². The molecule has 42 heavy (non-hydrogen) atoms. The third-order valence-corrected chi connectivity index (χ3v) is 8.26. The zero-order valence-electron chi connectivity index (χ0n) is 26.2. The van der Waals surface area contributed by atoms with E-state index >= 15 is 0 Å². The quantitative estimate of drug-likeness (QED) is 0.165. The van der Waals surface area contributed by atoms with Gasteiger partial charge in [-0.3, -0.25) is 9.69 Å². The SMILES string of the molecule is C=CCCCCN1CC[C@H]2c3cc(CCC=C)oc3C3N(C(=O)OC(C)(C)C)[C@@H](COC(=O)OC(C)(C)C)CC32C1=O. The molecule has 2 unspecified atom stereocenters. The number of nitrogens with zero attached hydrogens (tertiary/aromatic N) is 2. The lowest BCUT2D eigenvalue weighted by Gasteiger charge is -2.44. The fourth-order valence-corrected chi connectivity index (χ4v) is 6.76. The maximum Gasteiger partial charge on any atom is 0.508 e. The van der Waals surface area contributed by atoms with Crippen molar-refractivity contribution in [2.45, 2.75) is 116 Å². The van der Waals surface area contributed by atoms with Crippen LogP contribution in [0, 0.1) is 5.41 Å². The molecule has 9 heteroatoms. The highest BCUT2D eigenvalue weighted by molar-refractivity contribution is 5.89. The molecule has 4 atom stereocenters. The Labute approximate surface area is 250 Å². The van der Waals surface area contributed by atoms with Crippen LogP contribution in [0.3, 0.4) is 0 Å². The van der Waals surface area contributed by atoms with Crippen LogP contribution in [-0.4, -0.2) is 64.9 Å². The number of hydrogen-bond acceptors (Lipinski definition) is 7. The Morgan fingerprint density at radius 1 is 1.07 bits per heavy atom. The highest BCUT2D eigenvalue weighted by Gasteiger charge is 2.70. The minimum Gasteiger partial charge on any atom is -0.464 e. The van der Waals surface area contributed by atoms with E-state index in [1.54, 1.807) is 25.7 Å². The molecule has 2 fully saturated rings. The third kappa shape index (κ3) is 6.40. The number of allylic oxidation sites excluding steroid dienone is 2. The molecule has 0 saturated carbocycles. The molecule has 0 aromatic carbocycles. The number of carbonyl (C=O) groups is 3. The number of unbranched alkanes of at least 4 members (excludes halogenated alkanes) is 2. The number of carbonyl (C=O) groups excluding carboxylic acids is 3. The lowest BCUT2D eigenvalue weighted by Crippen LogP contribution is -2.53. The number of aryl methyl sites for hydroxylation is 1. The Hall–Kier alpha value is -3.23. The van der Waals surface area contributed by atoms with E-state index in [0.717, 1.165) is 43.4 Å². The molecule has 1 aromatic rings. The van der Waals surface area contributed by atoms with Crippen molar-refractivity contribution in [2.75, 3.05) is 19.7 Å². The summed E-state index contributed by atoms with van der Waals surface area (Å²) in [5.41, 5.74) is -1.43. The maximum absolute atomic E-state index is 14.6. The van der Waals surface area contributed by atoms with E-state index in [4.69, 9.17) is 18.6 Å². The van der Waals surface area contributed by atoms with Crippen LogP contribution in [0.1, 0.15) is 109 Å². The van der Waals surface area contributed by atoms with Crippen molar-refractivity contribution in [3.63, 3.8) is 0 Å². The Bertz CT molecular complexity index is 1190. The summed E-state index contributed by atoms with van der Waals surface area (Å²) in [6.07, 6.45) is 7.63. The topological polar surface area (TPSA) is 98.5 Å². The van der Waals surface area contributed by atoms with Crippen LogP contribution in [0.25, 0.3) is 0 Å². The predicted molar refractivity (Wildman–Crippen MR) is 159 cm³/mol. The number of hydrogen-bond donors (Lipinski definition) is 0. The summed E-state index contributed by atoms with van der Waals surface area (Å²) in [6.45, 7) is 19.5. The third-order valence-electron chi connectivity index (χ3n) is 8.26. The van der Waals surface area contributed by atoms with E-state index in [0.29, 0.717) is 31.7 Å². The van der Waals surface area contributed by atoms with E-state index in [2.05, 4.69) is 19.2 Å². The smallest absolute Gasteiger partial charge is 0.464 e. The molecule has 0 radical (unpaired) electrons. The first kappa shape index (κ1) is 31.7. The van der Waals surface area contributed by atoms with Gasteiger partial charge in [0.25, 0.3) is 0 Å². The molecule has 1 aliphatic carbocycles. The summed E-state index contributed by atoms with van der Waals surface area (Å²) in [7, 11) is 0. The molecule has 4 rings (SSSR count). The van der Waals surface area contributed by atoms with Gasteiger partial charge in [0.2, 0.25) is 5.91 Å². The molecule has 1 spiro atoms. The minimum absolute atomic E-state index is 0.0229. The summed E-state index contributed by atoms with van der Waals surface area (Å²) >= 11 is 0. The van der Waals surface area contributed by atoms with Gasteiger partial charge in [-0.05, 0) is 86.1 Å².